The van der Waals surface area contributed by atoms with E-state index in [9.17, 15) is 22.8 Å². The smallest absolute Gasteiger partial charge is 0.340 e. The van der Waals surface area contributed by atoms with Gasteiger partial charge in [-0.1, -0.05) is 29.8 Å². The molecule has 6 nitrogen and oxygen atoms in total. The summed E-state index contributed by atoms with van der Waals surface area (Å²) < 4.78 is 40.8. The molecule has 4 rings (SSSR count). The van der Waals surface area contributed by atoms with Crippen molar-refractivity contribution in [2.75, 3.05) is 13.1 Å². The van der Waals surface area contributed by atoms with Crippen LogP contribution in [0.2, 0.25) is 0 Å². The number of aromatic nitrogens is 3. The molecule has 9 heteroatoms. The first-order chi connectivity index (χ1) is 13.2. The number of likely N-dealkylation sites (tertiary alicyclic amines) is 1. The molecule has 1 unspecified atom stereocenters. The number of benzene rings is 1. The van der Waals surface area contributed by atoms with Crippen molar-refractivity contribution in [3.05, 3.63) is 51.7 Å². The number of carbonyl (C=O) groups is 1. The molecule has 1 aromatic heterocycles. The molecule has 2 aliphatic rings. The number of halogens is 3. The highest BCUT2D eigenvalue weighted by Gasteiger charge is 2.50. The molecule has 1 amide bonds. The van der Waals surface area contributed by atoms with E-state index in [4.69, 9.17) is 0 Å². The zero-order chi connectivity index (χ0) is 20.1. The van der Waals surface area contributed by atoms with Crippen LogP contribution < -0.4 is 5.69 Å². The van der Waals surface area contributed by atoms with Crippen LogP contribution in [-0.2, 0) is 17.8 Å². The SMILES string of the molecule is Cc1ccc(Cn2nc3n(c2=O)C(C(=O)N2CC(C(F)(F)F)C2)CCC3)cc1. The quantitative estimate of drug-likeness (QED) is 0.803. The van der Waals surface area contributed by atoms with Crippen LogP contribution in [0.4, 0.5) is 13.2 Å². The predicted octanol–water partition coefficient (Wildman–Crippen LogP) is 2.30. The summed E-state index contributed by atoms with van der Waals surface area (Å²) in [5.74, 6) is -1.37. The number of hydrogen-bond acceptors (Lipinski definition) is 3. The number of aryl methyl sites for hydroxylation is 2. The second kappa shape index (κ2) is 6.79. The van der Waals surface area contributed by atoms with Crippen molar-refractivity contribution < 1.29 is 18.0 Å². The van der Waals surface area contributed by atoms with E-state index < -0.39 is 24.0 Å². The summed E-state index contributed by atoms with van der Waals surface area (Å²) in [6, 6.07) is 6.96. The Labute approximate surface area is 159 Å². The molecule has 0 radical (unpaired) electrons. The summed E-state index contributed by atoms with van der Waals surface area (Å²) in [4.78, 5) is 26.8. The largest absolute Gasteiger partial charge is 0.395 e. The maximum Gasteiger partial charge on any atom is 0.395 e. The number of nitrogens with zero attached hydrogens (tertiary/aromatic N) is 4. The third-order valence-electron chi connectivity index (χ3n) is 5.52. The van der Waals surface area contributed by atoms with Crippen molar-refractivity contribution in [2.24, 2.45) is 5.92 Å². The van der Waals surface area contributed by atoms with Crippen LogP contribution in [0.25, 0.3) is 0 Å². The van der Waals surface area contributed by atoms with Gasteiger partial charge in [0.05, 0.1) is 12.5 Å². The Bertz CT molecular complexity index is 940. The zero-order valence-electron chi connectivity index (χ0n) is 15.4. The van der Waals surface area contributed by atoms with E-state index in [0.29, 0.717) is 31.6 Å². The lowest BCUT2D eigenvalue weighted by Gasteiger charge is -2.42. The Kier molecular flexibility index (Phi) is 4.55. The average molecular weight is 394 g/mol. The topological polar surface area (TPSA) is 60.1 Å². The molecule has 1 fully saturated rings. The normalized spacial score (nSPS) is 20.0. The Hall–Kier alpha value is -2.58. The molecule has 3 heterocycles. The molecule has 0 bridgehead atoms. The Morgan fingerprint density at radius 2 is 1.89 bits per heavy atom. The number of hydrogen-bond donors (Lipinski definition) is 0. The molecule has 0 saturated carbocycles. The highest BCUT2D eigenvalue weighted by atomic mass is 19.4. The summed E-state index contributed by atoms with van der Waals surface area (Å²) in [6.07, 6.45) is -2.60. The van der Waals surface area contributed by atoms with Crippen LogP contribution in [-0.4, -0.2) is 44.4 Å². The molecule has 1 atom stereocenters. The van der Waals surface area contributed by atoms with Gasteiger partial charge < -0.3 is 4.90 Å². The number of alkyl halides is 3. The van der Waals surface area contributed by atoms with E-state index in [1.165, 1.54) is 14.1 Å². The first-order valence-electron chi connectivity index (χ1n) is 9.33. The van der Waals surface area contributed by atoms with Crippen LogP contribution >= 0.6 is 0 Å². The van der Waals surface area contributed by atoms with Crippen molar-refractivity contribution in [3.8, 4) is 0 Å². The molecule has 150 valence electrons. The van der Waals surface area contributed by atoms with Crippen molar-refractivity contribution in [2.45, 2.75) is 44.9 Å². The second-order valence-corrected chi connectivity index (χ2v) is 7.60. The summed E-state index contributed by atoms with van der Waals surface area (Å²) in [5, 5.41) is 4.37. The molecule has 0 aliphatic carbocycles. The average Bonchev–Trinajstić information content (AvgIpc) is 2.90. The number of fused-ring (bicyclic) bond motifs is 1. The van der Waals surface area contributed by atoms with Crippen molar-refractivity contribution >= 4 is 5.91 Å². The van der Waals surface area contributed by atoms with Crippen LogP contribution in [0.5, 0.6) is 0 Å². The van der Waals surface area contributed by atoms with Gasteiger partial charge in [0.15, 0.2) is 0 Å². The zero-order valence-corrected chi connectivity index (χ0v) is 15.4. The monoisotopic (exact) mass is 394 g/mol. The van der Waals surface area contributed by atoms with Crippen LogP contribution in [0.15, 0.2) is 29.1 Å². The standard InChI is InChI=1S/C19H21F3N4O2/c1-12-5-7-13(8-6-12)9-25-18(28)26-15(3-2-4-16(26)23-25)17(27)24-10-14(11-24)19(20,21)22/h5-8,14-15H,2-4,9-11H2,1H3. The van der Waals surface area contributed by atoms with E-state index in [1.807, 2.05) is 31.2 Å². The molecule has 0 spiro atoms. The first kappa shape index (κ1) is 18.8. The molecule has 1 saturated heterocycles. The fraction of sp³-hybridized carbons (Fsp3) is 0.526. The fourth-order valence-electron chi connectivity index (χ4n) is 3.81. The van der Waals surface area contributed by atoms with Crippen molar-refractivity contribution in [1.82, 2.24) is 19.2 Å². The highest BCUT2D eigenvalue weighted by molar-refractivity contribution is 5.81. The van der Waals surface area contributed by atoms with Gasteiger partial charge >= 0.3 is 11.9 Å². The number of carbonyl (C=O) groups excluding carboxylic acids is 1. The van der Waals surface area contributed by atoms with E-state index in [0.717, 1.165) is 11.1 Å². The van der Waals surface area contributed by atoms with Gasteiger partial charge in [0.25, 0.3) is 0 Å². The van der Waals surface area contributed by atoms with Gasteiger partial charge in [-0.3, -0.25) is 9.36 Å². The molecule has 28 heavy (non-hydrogen) atoms. The van der Waals surface area contributed by atoms with E-state index in [1.54, 1.807) is 0 Å². The third kappa shape index (κ3) is 3.33. The molecular weight excluding hydrogens is 373 g/mol. The highest BCUT2D eigenvalue weighted by Crippen LogP contribution is 2.35. The van der Waals surface area contributed by atoms with Gasteiger partial charge in [0.2, 0.25) is 5.91 Å². The lowest BCUT2D eigenvalue weighted by atomic mass is 9.96. The van der Waals surface area contributed by atoms with Crippen molar-refractivity contribution in [1.29, 1.82) is 0 Å². The van der Waals surface area contributed by atoms with Crippen LogP contribution in [0, 0.1) is 12.8 Å². The Balaban J connectivity index is 1.54. The minimum Gasteiger partial charge on any atom is -0.340 e. The lowest BCUT2D eigenvalue weighted by molar-refractivity contribution is -0.210. The van der Waals surface area contributed by atoms with Crippen LogP contribution in [0.1, 0.15) is 35.8 Å². The first-order valence-corrected chi connectivity index (χ1v) is 9.33. The Morgan fingerprint density at radius 3 is 2.54 bits per heavy atom. The summed E-state index contributed by atoms with van der Waals surface area (Å²) in [6.45, 7) is 1.60. The minimum atomic E-state index is -4.29. The van der Waals surface area contributed by atoms with E-state index in [2.05, 4.69) is 5.10 Å². The third-order valence-corrected chi connectivity index (χ3v) is 5.52. The summed E-state index contributed by atoms with van der Waals surface area (Å²) in [7, 11) is 0. The maximum absolute atomic E-state index is 12.9. The Morgan fingerprint density at radius 1 is 1.21 bits per heavy atom. The van der Waals surface area contributed by atoms with E-state index in [-0.39, 0.29) is 18.8 Å². The van der Waals surface area contributed by atoms with Gasteiger partial charge in [-0.05, 0) is 25.3 Å². The van der Waals surface area contributed by atoms with Crippen molar-refractivity contribution in [3.63, 3.8) is 0 Å². The molecule has 2 aromatic rings. The molecule has 2 aliphatic heterocycles. The number of amides is 1. The van der Waals surface area contributed by atoms with Gasteiger partial charge in [-0.15, -0.1) is 0 Å². The van der Waals surface area contributed by atoms with Crippen LogP contribution in [0.3, 0.4) is 0 Å². The molecule has 1 aromatic carbocycles. The fourth-order valence-corrected chi connectivity index (χ4v) is 3.81. The number of rotatable bonds is 3. The lowest BCUT2D eigenvalue weighted by Crippen LogP contribution is -2.57. The van der Waals surface area contributed by atoms with Gasteiger partial charge in [0, 0.05) is 19.5 Å². The predicted molar refractivity (Wildman–Crippen MR) is 94.9 cm³/mol. The van der Waals surface area contributed by atoms with Gasteiger partial charge in [-0.25, -0.2) is 9.48 Å². The summed E-state index contributed by atoms with van der Waals surface area (Å²) >= 11 is 0. The maximum atomic E-state index is 12.9. The van der Waals surface area contributed by atoms with E-state index >= 15 is 0 Å². The minimum absolute atomic E-state index is 0.292. The second-order valence-electron chi connectivity index (χ2n) is 7.60. The molecule has 0 N–H and O–H groups in total. The van der Waals surface area contributed by atoms with Gasteiger partial charge in [0.1, 0.15) is 11.9 Å². The van der Waals surface area contributed by atoms with Gasteiger partial charge in [-0.2, -0.15) is 18.3 Å². The molecular formula is C19H21F3N4O2. The summed E-state index contributed by atoms with van der Waals surface area (Å²) in [5.41, 5.74) is 1.64.